The lowest BCUT2D eigenvalue weighted by Gasteiger charge is -2.60. The maximum Gasteiger partial charge on any atom is 0.184 e. The van der Waals surface area contributed by atoms with Crippen molar-refractivity contribution in [1.29, 1.82) is 0 Å². The molecule has 7 atom stereocenters. The first-order chi connectivity index (χ1) is 12.7. The second kappa shape index (κ2) is 6.86. The highest BCUT2D eigenvalue weighted by Crippen LogP contribution is 2.65. The highest BCUT2D eigenvalue weighted by molar-refractivity contribution is 6.69. The molecule has 3 nitrogen and oxygen atoms in total. The minimum atomic E-state index is -1.43. The van der Waals surface area contributed by atoms with E-state index in [4.69, 9.17) is 9.26 Å². The minimum Gasteiger partial charge on any atom is -0.415 e. The summed E-state index contributed by atoms with van der Waals surface area (Å²) in [5.74, 6) is 3.54. The Morgan fingerprint density at radius 3 is 2.44 bits per heavy atom. The van der Waals surface area contributed by atoms with Crippen molar-refractivity contribution in [2.24, 2.45) is 39.7 Å². The van der Waals surface area contributed by atoms with E-state index in [9.17, 15) is 0 Å². The Labute approximate surface area is 167 Å². The largest absolute Gasteiger partial charge is 0.415 e. The summed E-state index contributed by atoms with van der Waals surface area (Å²) in [5.41, 5.74) is 2.21. The predicted molar refractivity (Wildman–Crippen MR) is 114 cm³/mol. The fraction of sp³-hybridized carbons (Fsp3) is 0.957. The highest BCUT2D eigenvalue weighted by atomic mass is 28.4. The van der Waals surface area contributed by atoms with Crippen molar-refractivity contribution in [2.75, 3.05) is 7.11 Å². The average molecular weight is 392 g/mol. The minimum absolute atomic E-state index is 0.304. The molecule has 0 radical (unpaired) electrons. The molecule has 4 aliphatic carbocycles. The monoisotopic (exact) mass is 391 g/mol. The van der Waals surface area contributed by atoms with Crippen molar-refractivity contribution in [2.45, 2.75) is 97.4 Å². The first kappa shape index (κ1) is 19.9. The molecule has 4 heteroatoms. The van der Waals surface area contributed by atoms with Gasteiger partial charge in [-0.05, 0) is 107 Å². The second-order valence-corrected chi connectivity index (χ2v) is 16.0. The molecule has 4 aliphatic rings. The van der Waals surface area contributed by atoms with Crippen LogP contribution in [0.2, 0.25) is 19.6 Å². The number of rotatable bonds is 3. The van der Waals surface area contributed by atoms with Gasteiger partial charge in [0.2, 0.25) is 0 Å². The van der Waals surface area contributed by atoms with Gasteiger partial charge in [-0.3, -0.25) is 0 Å². The highest BCUT2D eigenvalue weighted by Gasteiger charge is 2.59. The smallest absolute Gasteiger partial charge is 0.184 e. The molecule has 0 N–H and O–H groups in total. The summed E-state index contributed by atoms with van der Waals surface area (Å²) in [7, 11) is 0.283. The predicted octanol–water partition coefficient (Wildman–Crippen LogP) is 6.25. The van der Waals surface area contributed by atoms with Gasteiger partial charge in [0.25, 0.3) is 0 Å². The lowest BCUT2D eigenvalue weighted by molar-refractivity contribution is -0.111. The van der Waals surface area contributed by atoms with E-state index in [0.29, 0.717) is 16.9 Å². The molecular formula is C23H41NO2Si. The zero-order chi connectivity index (χ0) is 19.4. The molecule has 0 aromatic rings. The molecule has 0 amide bonds. The third kappa shape index (κ3) is 3.33. The Morgan fingerprint density at radius 1 is 0.963 bits per heavy atom. The summed E-state index contributed by atoms with van der Waals surface area (Å²) < 4.78 is 6.54. The molecule has 0 spiro atoms. The normalized spacial score (nSPS) is 48.7. The van der Waals surface area contributed by atoms with Crippen LogP contribution in [0.5, 0.6) is 0 Å². The summed E-state index contributed by atoms with van der Waals surface area (Å²) in [4.78, 5) is 5.21. The lowest BCUT2D eigenvalue weighted by Crippen LogP contribution is -2.54. The summed E-state index contributed by atoms with van der Waals surface area (Å²) in [6, 6.07) is 0. The Bertz CT molecular complexity index is 600. The fourth-order valence-corrected chi connectivity index (χ4v) is 9.09. The number of nitrogens with zero attached hydrogens (tertiary/aromatic N) is 1. The summed E-state index contributed by atoms with van der Waals surface area (Å²) in [6.45, 7) is 12.2. The fourth-order valence-electron chi connectivity index (χ4n) is 7.87. The van der Waals surface area contributed by atoms with Crippen molar-refractivity contribution < 1.29 is 9.26 Å². The molecule has 27 heavy (non-hydrogen) atoms. The molecule has 7 unspecified atom stereocenters. The van der Waals surface area contributed by atoms with Gasteiger partial charge in [0, 0.05) is 11.5 Å². The zero-order valence-corrected chi connectivity index (χ0v) is 19.5. The van der Waals surface area contributed by atoms with Crippen molar-refractivity contribution >= 4 is 14.0 Å². The van der Waals surface area contributed by atoms with E-state index in [2.05, 4.69) is 38.6 Å². The molecule has 4 saturated carbocycles. The Kier molecular flexibility index (Phi) is 5.07. The standard InChI is InChI=1S/C23H41NO2Si/c1-22-13-11-17(26-27(4,5)6)15-16(22)7-8-18-19-9-10-21(24-25-3)23(19,2)14-12-20(18)22/h16-20H,7-15H2,1-6H3/b24-21-. The van der Waals surface area contributed by atoms with Gasteiger partial charge in [0.05, 0.1) is 5.71 Å². The molecular weight excluding hydrogens is 350 g/mol. The average Bonchev–Trinajstić information content (AvgIpc) is 2.91. The Hall–Kier alpha value is -0.353. The molecule has 0 aliphatic heterocycles. The zero-order valence-electron chi connectivity index (χ0n) is 18.5. The second-order valence-electron chi connectivity index (χ2n) is 11.5. The lowest BCUT2D eigenvalue weighted by atomic mass is 9.45. The quantitative estimate of drug-likeness (QED) is 0.420. The Balaban J connectivity index is 1.52. The van der Waals surface area contributed by atoms with Crippen LogP contribution in [0.15, 0.2) is 5.16 Å². The van der Waals surface area contributed by atoms with Crippen LogP contribution in [-0.4, -0.2) is 27.2 Å². The van der Waals surface area contributed by atoms with E-state index in [0.717, 1.165) is 30.1 Å². The number of hydrogen-bond donors (Lipinski definition) is 0. The number of hydrogen-bond acceptors (Lipinski definition) is 3. The van der Waals surface area contributed by atoms with Gasteiger partial charge in [0.15, 0.2) is 8.32 Å². The van der Waals surface area contributed by atoms with Crippen LogP contribution in [0, 0.1) is 34.5 Å². The van der Waals surface area contributed by atoms with E-state index in [-0.39, 0.29) is 0 Å². The SMILES string of the molecule is CO/N=C1/CCC2C3CCC4CC(O[Si](C)(C)C)CCC4(C)C3CCC12C. The Morgan fingerprint density at radius 2 is 1.74 bits per heavy atom. The van der Waals surface area contributed by atoms with Crippen LogP contribution in [-0.2, 0) is 9.26 Å². The number of fused-ring (bicyclic) bond motifs is 5. The molecule has 4 rings (SSSR count). The molecule has 0 aromatic carbocycles. The van der Waals surface area contributed by atoms with Crippen molar-refractivity contribution in [3.63, 3.8) is 0 Å². The van der Waals surface area contributed by atoms with Crippen LogP contribution in [0.3, 0.4) is 0 Å². The third-order valence-corrected chi connectivity index (χ3v) is 10.1. The third-order valence-electron chi connectivity index (χ3n) is 9.08. The van der Waals surface area contributed by atoms with Gasteiger partial charge in [0.1, 0.15) is 7.11 Å². The molecule has 154 valence electrons. The van der Waals surface area contributed by atoms with E-state index in [1.165, 1.54) is 57.1 Å². The summed E-state index contributed by atoms with van der Waals surface area (Å²) >= 11 is 0. The summed E-state index contributed by atoms with van der Waals surface area (Å²) in [6.07, 6.45) is 12.6. The van der Waals surface area contributed by atoms with Gasteiger partial charge in [-0.25, -0.2) is 0 Å². The van der Waals surface area contributed by atoms with E-state index in [1.807, 2.05) is 0 Å². The first-order valence-electron chi connectivity index (χ1n) is 11.5. The van der Waals surface area contributed by atoms with Crippen LogP contribution >= 0.6 is 0 Å². The van der Waals surface area contributed by atoms with Crippen molar-refractivity contribution in [3.05, 3.63) is 0 Å². The van der Waals surface area contributed by atoms with Gasteiger partial charge in [-0.1, -0.05) is 19.0 Å². The van der Waals surface area contributed by atoms with Crippen LogP contribution in [0.25, 0.3) is 0 Å². The maximum absolute atomic E-state index is 6.54. The van der Waals surface area contributed by atoms with Crippen LogP contribution in [0.4, 0.5) is 0 Å². The topological polar surface area (TPSA) is 30.8 Å². The van der Waals surface area contributed by atoms with Crippen LogP contribution < -0.4 is 0 Å². The first-order valence-corrected chi connectivity index (χ1v) is 14.9. The van der Waals surface area contributed by atoms with Gasteiger partial charge in [-0.15, -0.1) is 0 Å². The maximum atomic E-state index is 6.54. The van der Waals surface area contributed by atoms with E-state index < -0.39 is 8.32 Å². The van der Waals surface area contributed by atoms with Gasteiger partial charge in [-0.2, -0.15) is 0 Å². The molecule has 0 heterocycles. The van der Waals surface area contributed by atoms with E-state index in [1.54, 1.807) is 7.11 Å². The van der Waals surface area contributed by atoms with Gasteiger partial charge < -0.3 is 9.26 Å². The van der Waals surface area contributed by atoms with Crippen LogP contribution in [0.1, 0.15) is 71.6 Å². The van der Waals surface area contributed by atoms with Gasteiger partial charge >= 0.3 is 0 Å². The van der Waals surface area contributed by atoms with Crippen molar-refractivity contribution in [3.8, 4) is 0 Å². The van der Waals surface area contributed by atoms with E-state index >= 15 is 0 Å². The summed E-state index contributed by atoms with van der Waals surface area (Å²) in [5, 5.41) is 4.46. The molecule has 4 fully saturated rings. The molecule has 0 bridgehead atoms. The molecule has 0 saturated heterocycles. The number of oxime groups is 1. The molecule has 0 aromatic heterocycles. The van der Waals surface area contributed by atoms with Crippen molar-refractivity contribution in [1.82, 2.24) is 0 Å².